The Morgan fingerprint density at radius 1 is 0.931 bits per heavy atom. The SMILES string of the molecule is O=c1c2ccccc2n2c(-c3cccc(Br)c3)nnc2n1Cc1ccc(F)cc1. The fraction of sp³-hybridized carbons (Fsp3) is 0.0455. The summed E-state index contributed by atoms with van der Waals surface area (Å²) in [4.78, 5) is 13.2. The highest BCUT2D eigenvalue weighted by atomic mass is 79.9. The number of nitrogens with zero attached hydrogens (tertiary/aromatic N) is 4. The van der Waals surface area contributed by atoms with Crippen LogP contribution in [0.3, 0.4) is 0 Å². The fourth-order valence-electron chi connectivity index (χ4n) is 3.49. The Hall–Kier alpha value is -3.32. The molecule has 0 amide bonds. The van der Waals surface area contributed by atoms with E-state index < -0.39 is 0 Å². The summed E-state index contributed by atoms with van der Waals surface area (Å²) in [5, 5.41) is 9.29. The van der Waals surface area contributed by atoms with Gasteiger partial charge in [-0.1, -0.05) is 52.3 Å². The smallest absolute Gasteiger partial charge is 0.263 e. The van der Waals surface area contributed by atoms with Gasteiger partial charge in [0.1, 0.15) is 5.82 Å². The third-order valence-electron chi connectivity index (χ3n) is 4.84. The van der Waals surface area contributed by atoms with Gasteiger partial charge in [0, 0.05) is 10.0 Å². The normalized spacial score (nSPS) is 11.4. The van der Waals surface area contributed by atoms with Gasteiger partial charge in [0.15, 0.2) is 5.82 Å². The fourth-order valence-corrected chi connectivity index (χ4v) is 3.89. The Bertz CT molecular complexity index is 1420. The zero-order valence-electron chi connectivity index (χ0n) is 15.1. The third kappa shape index (κ3) is 3.03. The van der Waals surface area contributed by atoms with Crippen LogP contribution < -0.4 is 5.56 Å². The van der Waals surface area contributed by atoms with E-state index in [-0.39, 0.29) is 17.9 Å². The summed E-state index contributed by atoms with van der Waals surface area (Å²) in [5.41, 5.74) is 2.26. The third-order valence-corrected chi connectivity index (χ3v) is 5.34. The Labute approximate surface area is 173 Å². The van der Waals surface area contributed by atoms with Crippen molar-refractivity contribution in [1.82, 2.24) is 19.2 Å². The molecule has 29 heavy (non-hydrogen) atoms. The molecule has 0 spiro atoms. The van der Waals surface area contributed by atoms with Gasteiger partial charge >= 0.3 is 0 Å². The van der Waals surface area contributed by atoms with E-state index in [1.807, 2.05) is 46.9 Å². The molecule has 0 aliphatic heterocycles. The molecule has 0 saturated carbocycles. The molecule has 2 heterocycles. The van der Waals surface area contributed by atoms with E-state index in [0.29, 0.717) is 17.0 Å². The number of aromatic nitrogens is 4. The molecule has 0 radical (unpaired) electrons. The molecule has 0 aliphatic carbocycles. The van der Waals surface area contributed by atoms with Crippen LogP contribution in [0.15, 0.2) is 82.1 Å². The van der Waals surface area contributed by atoms with E-state index in [1.165, 1.54) is 12.1 Å². The first-order chi connectivity index (χ1) is 14.1. The summed E-state index contributed by atoms with van der Waals surface area (Å²) < 4.78 is 17.7. The highest BCUT2D eigenvalue weighted by Crippen LogP contribution is 2.25. The van der Waals surface area contributed by atoms with E-state index >= 15 is 0 Å². The second kappa shape index (κ2) is 6.93. The zero-order valence-corrected chi connectivity index (χ0v) is 16.7. The molecule has 0 N–H and O–H groups in total. The molecule has 5 aromatic rings. The van der Waals surface area contributed by atoms with Crippen LogP contribution in [0.5, 0.6) is 0 Å². The zero-order chi connectivity index (χ0) is 20.0. The molecule has 0 aliphatic rings. The average molecular weight is 449 g/mol. The van der Waals surface area contributed by atoms with Gasteiger partial charge in [-0.05, 0) is 42.0 Å². The lowest BCUT2D eigenvalue weighted by molar-refractivity contribution is 0.626. The van der Waals surface area contributed by atoms with E-state index in [9.17, 15) is 9.18 Å². The number of para-hydroxylation sites is 1. The Morgan fingerprint density at radius 3 is 2.52 bits per heavy atom. The highest BCUT2D eigenvalue weighted by Gasteiger charge is 2.17. The molecular weight excluding hydrogens is 435 g/mol. The first kappa shape index (κ1) is 17.8. The standard InChI is InChI=1S/C22H14BrFN4O/c23-16-5-3-4-15(12-16)20-25-26-22-27(13-14-8-10-17(24)11-9-14)21(29)18-6-1-2-7-19(18)28(20)22/h1-12H,13H2. The van der Waals surface area contributed by atoms with Crippen molar-refractivity contribution >= 4 is 32.6 Å². The Balaban J connectivity index is 1.82. The molecule has 0 bridgehead atoms. The van der Waals surface area contributed by atoms with E-state index in [0.717, 1.165) is 21.1 Å². The van der Waals surface area contributed by atoms with Crippen LogP contribution in [0.1, 0.15) is 5.56 Å². The molecule has 7 heteroatoms. The molecule has 142 valence electrons. The lowest BCUT2D eigenvalue weighted by Crippen LogP contribution is -2.24. The van der Waals surface area contributed by atoms with Gasteiger partial charge in [0.2, 0.25) is 5.78 Å². The summed E-state index contributed by atoms with van der Waals surface area (Å²) in [6, 6.07) is 21.3. The van der Waals surface area contributed by atoms with Crippen molar-refractivity contribution < 1.29 is 4.39 Å². The molecule has 0 fully saturated rings. The van der Waals surface area contributed by atoms with E-state index in [1.54, 1.807) is 22.8 Å². The Kier molecular flexibility index (Phi) is 4.24. The van der Waals surface area contributed by atoms with Crippen LogP contribution in [0.25, 0.3) is 28.1 Å². The molecule has 2 aromatic heterocycles. The first-order valence-corrected chi connectivity index (χ1v) is 9.78. The van der Waals surface area contributed by atoms with Crippen LogP contribution in [0, 0.1) is 5.82 Å². The van der Waals surface area contributed by atoms with E-state index in [2.05, 4.69) is 26.1 Å². The Morgan fingerprint density at radius 2 is 1.72 bits per heavy atom. The van der Waals surface area contributed by atoms with Crippen molar-refractivity contribution in [3.8, 4) is 11.4 Å². The van der Waals surface area contributed by atoms with Crippen molar-refractivity contribution in [2.75, 3.05) is 0 Å². The van der Waals surface area contributed by atoms with Crippen molar-refractivity contribution in [2.45, 2.75) is 6.54 Å². The predicted octanol–water partition coefficient (Wildman–Crippen LogP) is 4.66. The minimum absolute atomic E-state index is 0.161. The number of hydrogen-bond acceptors (Lipinski definition) is 3. The van der Waals surface area contributed by atoms with Crippen LogP contribution in [0.2, 0.25) is 0 Å². The average Bonchev–Trinajstić information content (AvgIpc) is 3.18. The molecule has 0 atom stereocenters. The number of hydrogen-bond donors (Lipinski definition) is 0. The number of rotatable bonds is 3. The summed E-state index contributed by atoms with van der Waals surface area (Å²) in [6.45, 7) is 0.268. The predicted molar refractivity (Wildman–Crippen MR) is 113 cm³/mol. The van der Waals surface area contributed by atoms with Gasteiger partial charge in [-0.25, -0.2) is 4.39 Å². The molecule has 5 rings (SSSR count). The topological polar surface area (TPSA) is 52.2 Å². The van der Waals surface area contributed by atoms with Gasteiger partial charge in [-0.3, -0.25) is 13.8 Å². The van der Waals surface area contributed by atoms with Gasteiger partial charge in [-0.2, -0.15) is 0 Å². The molecule has 5 nitrogen and oxygen atoms in total. The number of halogens is 2. The second-order valence-electron chi connectivity index (χ2n) is 6.70. The van der Waals surface area contributed by atoms with Gasteiger partial charge in [-0.15, -0.1) is 10.2 Å². The first-order valence-electron chi connectivity index (χ1n) is 8.99. The molecular formula is C22H14BrFN4O. The minimum Gasteiger partial charge on any atom is -0.272 e. The number of fused-ring (bicyclic) bond motifs is 3. The molecule has 3 aromatic carbocycles. The van der Waals surface area contributed by atoms with Crippen LogP contribution in [-0.2, 0) is 6.54 Å². The van der Waals surface area contributed by atoms with Gasteiger partial charge in [0.25, 0.3) is 5.56 Å². The van der Waals surface area contributed by atoms with Crippen LogP contribution >= 0.6 is 15.9 Å². The van der Waals surface area contributed by atoms with Crippen molar-refractivity contribution in [3.05, 3.63) is 99.0 Å². The van der Waals surface area contributed by atoms with Gasteiger partial charge < -0.3 is 0 Å². The summed E-state index contributed by atoms with van der Waals surface area (Å²) in [5.74, 6) is 0.766. The lowest BCUT2D eigenvalue weighted by atomic mass is 10.2. The summed E-state index contributed by atoms with van der Waals surface area (Å²) in [6.07, 6.45) is 0. The maximum absolute atomic E-state index is 13.3. The lowest BCUT2D eigenvalue weighted by Gasteiger charge is -2.12. The van der Waals surface area contributed by atoms with Crippen molar-refractivity contribution in [1.29, 1.82) is 0 Å². The van der Waals surface area contributed by atoms with Crippen molar-refractivity contribution in [2.24, 2.45) is 0 Å². The summed E-state index contributed by atoms with van der Waals surface area (Å²) >= 11 is 3.49. The summed E-state index contributed by atoms with van der Waals surface area (Å²) in [7, 11) is 0. The number of benzene rings is 3. The van der Waals surface area contributed by atoms with Crippen LogP contribution in [0.4, 0.5) is 4.39 Å². The molecule has 0 saturated heterocycles. The highest BCUT2D eigenvalue weighted by molar-refractivity contribution is 9.10. The largest absolute Gasteiger partial charge is 0.272 e. The monoisotopic (exact) mass is 448 g/mol. The van der Waals surface area contributed by atoms with E-state index in [4.69, 9.17) is 0 Å². The molecule has 0 unspecified atom stereocenters. The maximum Gasteiger partial charge on any atom is 0.263 e. The van der Waals surface area contributed by atoms with Gasteiger partial charge in [0.05, 0.1) is 17.4 Å². The van der Waals surface area contributed by atoms with Crippen molar-refractivity contribution in [3.63, 3.8) is 0 Å². The second-order valence-corrected chi connectivity index (χ2v) is 7.62. The minimum atomic E-state index is -0.316. The quantitative estimate of drug-likeness (QED) is 0.403. The maximum atomic E-state index is 13.3. The van der Waals surface area contributed by atoms with Crippen LogP contribution in [-0.4, -0.2) is 19.2 Å².